The maximum absolute atomic E-state index is 13.7. The zero-order chi connectivity index (χ0) is 25.0. The highest BCUT2D eigenvalue weighted by molar-refractivity contribution is 6.84. The van der Waals surface area contributed by atoms with Gasteiger partial charge in [0, 0.05) is 0 Å². The van der Waals surface area contributed by atoms with Gasteiger partial charge in [-0.3, -0.25) is 4.79 Å². The maximum atomic E-state index is 13.7. The summed E-state index contributed by atoms with van der Waals surface area (Å²) in [5.74, 6) is 0.0107. The molecule has 2 aliphatic heterocycles. The van der Waals surface area contributed by atoms with Crippen LogP contribution in [0.2, 0.25) is 22.2 Å². The van der Waals surface area contributed by atoms with Crippen LogP contribution in [0.4, 0.5) is 5.82 Å². The number of ether oxygens (including phenoxy) is 1. The Morgan fingerprint density at radius 2 is 1.65 bits per heavy atom. The number of nitrogens with zero attached hydrogens (tertiary/aromatic N) is 5. The van der Waals surface area contributed by atoms with E-state index in [1.54, 1.807) is 0 Å². The first-order valence-corrected chi connectivity index (χ1v) is 16.0. The number of aromatic nitrogens is 5. The summed E-state index contributed by atoms with van der Waals surface area (Å²) in [6.07, 6.45) is 0.464. The van der Waals surface area contributed by atoms with Crippen molar-refractivity contribution in [3.63, 3.8) is 0 Å². The highest BCUT2D eigenvalue weighted by Gasteiger charge is 2.62. The topological polar surface area (TPSA) is 127 Å². The SMILES string of the molecule is CC(C)[Si]1(C(C)C)OC[C@H]2O[C@@H]([n+]3cnc4c(N)ncnn43)C(=O)[C@@H]2O[Si](C(C)C)(C(C)C)O1. The normalized spacial score (nSPS) is 27.1. The Labute approximate surface area is 202 Å². The second-order valence-corrected chi connectivity index (χ2v) is 19.3. The summed E-state index contributed by atoms with van der Waals surface area (Å²) in [4.78, 5) is 22.0. The van der Waals surface area contributed by atoms with Crippen molar-refractivity contribution >= 4 is 34.4 Å². The van der Waals surface area contributed by atoms with E-state index in [4.69, 9.17) is 23.4 Å². The first-order chi connectivity index (χ1) is 15.9. The molecule has 2 aromatic rings. The fourth-order valence-corrected chi connectivity index (χ4v) is 16.3. The lowest BCUT2D eigenvalue weighted by molar-refractivity contribution is -0.807. The van der Waals surface area contributed by atoms with Crippen LogP contribution in [0, 0.1) is 0 Å². The Bertz CT molecular complexity index is 1050. The number of anilines is 1. The average Bonchev–Trinajstić information content (AvgIpc) is 3.29. The predicted molar refractivity (Wildman–Crippen MR) is 128 cm³/mol. The van der Waals surface area contributed by atoms with Gasteiger partial charge in [-0.05, 0) is 31.9 Å². The lowest BCUT2D eigenvalue weighted by Crippen LogP contribution is -2.65. The highest BCUT2D eigenvalue weighted by atomic mass is 28.5. The van der Waals surface area contributed by atoms with Gasteiger partial charge in [0.1, 0.15) is 12.2 Å². The number of fused-ring (bicyclic) bond motifs is 2. The first-order valence-electron chi connectivity index (χ1n) is 12.0. The van der Waals surface area contributed by atoms with Crippen LogP contribution in [0.1, 0.15) is 61.6 Å². The third-order valence-electron chi connectivity index (χ3n) is 7.02. The molecular formula is C21H37N6O5Si2+. The maximum Gasteiger partial charge on any atom is 0.335 e. The number of hydrogen-bond acceptors (Lipinski definition) is 9. The average molecular weight is 510 g/mol. The molecule has 188 valence electrons. The summed E-state index contributed by atoms with van der Waals surface area (Å²) in [6, 6.07) is 0. The molecule has 0 spiro atoms. The fourth-order valence-electron chi connectivity index (χ4n) is 5.17. The summed E-state index contributed by atoms with van der Waals surface area (Å²) in [5, 5.41) is 4.20. The zero-order valence-corrected chi connectivity index (χ0v) is 23.3. The smallest absolute Gasteiger partial charge is 0.335 e. The van der Waals surface area contributed by atoms with E-state index in [1.165, 1.54) is 22.0 Å². The van der Waals surface area contributed by atoms with Gasteiger partial charge in [0.25, 0.3) is 6.23 Å². The summed E-state index contributed by atoms with van der Waals surface area (Å²) in [7, 11) is -5.65. The van der Waals surface area contributed by atoms with Gasteiger partial charge in [-0.1, -0.05) is 60.4 Å². The van der Waals surface area contributed by atoms with Gasteiger partial charge in [-0.25, -0.2) is 0 Å². The molecule has 0 aliphatic carbocycles. The van der Waals surface area contributed by atoms with E-state index < -0.39 is 35.6 Å². The molecule has 4 rings (SSSR count). The number of nitrogens with two attached hydrogens (primary N) is 1. The number of nitrogen functional groups attached to an aromatic ring is 1. The van der Waals surface area contributed by atoms with Gasteiger partial charge in [-0.2, -0.15) is 4.98 Å². The van der Waals surface area contributed by atoms with Crippen molar-refractivity contribution in [2.24, 2.45) is 0 Å². The van der Waals surface area contributed by atoms with Crippen molar-refractivity contribution in [2.75, 3.05) is 12.3 Å². The van der Waals surface area contributed by atoms with Crippen LogP contribution in [-0.2, 0) is 22.5 Å². The molecule has 0 amide bonds. The van der Waals surface area contributed by atoms with E-state index in [0.29, 0.717) is 5.65 Å². The van der Waals surface area contributed by atoms with E-state index >= 15 is 0 Å². The number of hydrogen-bond donors (Lipinski definition) is 1. The van der Waals surface area contributed by atoms with Crippen LogP contribution >= 0.6 is 0 Å². The van der Waals surface area contributed by atoms with Crippen molar-refractivity contribution in [1.29, 1.82) is 0 Å². The van der Waals surface area contributed by atoms with E-state index in [9.17, 15) is 4.79 Å². The lowest BCUT2D eigenvalue weighted by atomic mass is 10.2. The van der Waals surface area contributed by atoms with Crippen LogP contribution < -0.4 is 10.4 Å². The van der Waals surface area contributed by atoms with Gasteiger partial charge in [0.2, 0.25) is 18.4 Å². The molecule has 0 radical (unpaired) electrons. The van der Waals surface area contributed by atoms with E-state index in [0.717, 1.165) is 0 Å². The molecule has 4 heterocycles. The van der Waals surface area contributed by atoms with Crippen molar-refractivity contribution in [3.05, 3.63) is 12.7 Å². The minimum atomic E-state index is -2.93. The van der Waals surface area contributed by atoms with Crippen molar-refractivity contribution in [1.82, 2.24) is 19.7 Å². The third kappa shape index (κ3) is 3.82. The highest BCUT2D eigenvalue weighted by Crippen LogP contribution is 2.47. The molecule has 34 heavy (non-hydrogen) atoms. The molecule has 11 nitrogen and oxygen atoms in total. The lowest BCUT2D eigenvalue weighted by Gasteiger charge is -2.50. The first kappa shape index (κ1) is 25.3. The summed E-state index contributed by atoms with van der Waals surface area (Å²) in [6.45, 7) is 17.4. The Morgan fingerprint density at radius 1 is 1.03 bits per heavy atom. The molecule has 13 heteroatoms. The molecule has 2 N–H and O–H groups in total. The largest absolute Gasteiger partial charge is 0.414 e. The van der Waals surface area contributed by atoms with Gasteiger partial charge in [0.15, 0.2) is 5.82 Å². The molecule has 2 aromatic heterocycles. The molecule has 0 aromatic carbocycles. The van der Waals surface area contributed by atoms with Crippen LogP contribution in [0.5, 0.6) is 0 Å². The standard InChI is InChI=1S/C21H37N6O5Si2/c1-12(2)33(13(3)4)29-9-16-18(31-34(32-33,14(5)6)15(7)8)17(28)21(30-16)26-11-24-20-19(22)23-10-25-27(20)26/h10-16,18,21H,9H2,1-8H3,(H2,22,23,25)/q+1/t16-,18-,21-/m1/s1. The van der Waals surface area contributed by atoms with Crippen molar-refractivity contribution < 1.29 is 27.2 Å². The van der Waals surface area contributed by atoms with Gasteiger partial charge in [-0.15, -0.1) is 4.68 Å². The quantitative estimate of drug-likeness (QED) is 0.477. The fraction of sp³-hybridized carbons (Fsp3) is 0.762. The number of carbonyl (C=O) groups is 1. The van der Waals surface area contributed by atoms with Crippen LogP contribution in [0.25, 0.3) is 5.65 Å². The number of ketones is 1. The summed E-state index contributed by atoms with van der Waals surface area (Å²) in [5.41, 5.74) is 6.91. The van der Waals surface area contributed by atoms with E-state index in [-0.39, 0.29) is 40.4 Å². The molecule has 3 atom stereocenters. The zero-order valence-electron chi connectivity index (χ0n) is 21.3. The number of carbonyl (C=O) groups excluding carboxylic acids is 1. The molecule has 0 bridgehead atoms. The van der Waals surface area contributed by atoms with Crippen molar-refractivity contribution in [2.45, 2.75) is 96.0 Å². The molecular weight excluding hydrogens is 472 g/mol. The molecule has 0 unspecified atom stereocenters. The molecule has 2 aliphatic rings. The van der Waals surface area contributed by atoms with Crippen LogP contribution in [-0.4, -0.2) is 61.4 Å². The predicted octanol–water partition coefficient (Wildman–Crippen LogP) is 2.42. The Morgan fingerprint density at radius 3 is 2.24 bits per heavy atom. The molecule has 0 saturated carbocycles. The van der Waals surface area contributed by atoms with E-state index in [1.807, 2.05) is 0 Å². The molecule has 2 fully saturated rings. The van der Waals surface area contributed by atoms with E-state index in [2.05, 4.69) is 70.5 Å². The van der Waals surface area contributed by atoms with Crippen LogP contribution in [0.15, 0.2) is 12.7 Å². The Hall–Kier alpha value is -1.78. The minimum absolute atomic E-state index is 0.113. The van der Waals surface area contributed by atoms with Gasteiger partial charge >= 0.3 is 22.8 Å². The Kier molecular flexibility index (Phi) is 6.72. The number of rotatable bonds is 5. The molecule has 2 saturated heterocycles. The van der Waals surface area contributed by atoms with Crippen molar-refractivity contribution in [3.8, 4) is 0 Å². The van der Waals surface area contributed by atoms with Gasteiger partial charge in [0.05, 0.1) is 6.61 Å². The Balaban J connectivity index is 1.78. The van der Waals surface area contributed by atoms with Crippen LogP contribution in [0.3, 0.4) is 0 Å². The van der Waals surface area contributed by atoms with Gasteiger partial charge < -0.3 is 23.4 Å². The summed E-state index contributed by atoms with van der Waals surface area (Å²) >= 11 is 0. The number of Topliss-reactive ketones (excluding diaryl/α,β-unsaturated/α-hetero) is 1. The minimum Gasteiger partial charge on any atom is -0.414 e. The second kappa shape index (κ2) is 9.02. The second-order valence-electron chi connectivity index (χ2n) is 10.4. The monoisotopic (exact) mass is 509 g/mol. The summed E-state index contributed by atoms with van der Waals surface area (Å²) < 4.78 is 30.0. The third-order valence-corrected chi connectivity index (χ3v) is 17.3.